The molecule has 20 heavy (non-hydrogen) atoms. The fourth-order valence-corrected chi connectivity index (χ4v) is 2.69. The minimum absolute atomic E-state index is 0.00515. The second-order valence-electron chi connectivity index (χ2n) is 4.18. The van der Waals surface area contributed by atoms with E-state index in [1.54, 1.807) is 6.07 Å². The number of H-pyrrole nitrogens is 1. The maximum atomic E-state index is 13.9. The Balaban J connectivity index is 2.85. The van der Waals surface area contributed by atoms with Crippen molar-refractivity contribution in [3.63, 3.8) is 0 Å². The Hall–Kier alpha value is -1.40. The van der Waals surface area contributed by atoms with Crippen molar-refractivity contribution in [2.45, 2.75) is 19.8 Å². The standard InChI is InChI=1S/C13H11BrClFN2O2/c1-2-4-7-11(15)17-13(20)18(12(7)19)10-8(14)5-3-6-9(10)16/h3,5-6H,2,4H2,1H3,(H,17,20). The van der Waals surface area contributed by atoms with E-state index in [1.165, 1.54) is 12.1 Å². The largest absolute Gasteiger partial charge is 0.334 e. The summed E-state index contributed by atoms with van der Waals surface area (Å²) < 4.78 is 15.0. The molecule has 7 heteroatoms. The topological polar surface area (TPSA) is 54.9 Å². The molecule has 1 N–H and O–H groups in total. The van der Waals surface area contributed by atoms with Crippen LogP contribution in [0.15, 0.2) is 32.3 Å². The third kappa shape index (κ3) is 2.58. The molecule has 0 atom stereocenters. The second-order valence-corrected chi connectivity index (χ2v) is 5.42. The summed E-state index contributed by atoms with van der Waals surface area (Å²) in [5.74, 6) is -0.670. The predicted molar refractivity (Wildman–Crippen MR) is 79.3 cm³/mol. The van der Waals surface area contributed by atoms with Gasteiger partial charge < -0.3 is 0 Å². The highest BCUT2D eigenvalue weighted by atomic mass is 79.9. The third-order valence-electron chi connectivity index (χ3n) is 2.81. The highest BCUT2D eigenvalue weighted by Gasteiger charge is 2.18. The number of para-hydroxylation sites is 1. The summed E-state index contributed by atoms with van der Waals surface area (Å²) in [5, 5.41) is 0.00515. The van der Waals surface area contributed by atoms with Crippen LogP contribution in [-0.2, 0) is 6.42 Å². The lowest BCUT2D eigenvalue weighted by Gasteiger charge is -2.10. The molecule has 4 nitrogen and oxygen atoms in total. The zero-order chi connectivity index (χ0) is 14.9. The fourth-order valence-electron chi connectivity index (χ4n) is 1.92. The summed E-state index contributed by atoms with van der Waals surface area (Å²) in [5.41, 5.74) is -1.23. The Morgan fingerprint density at radius 3 is 2.70 bits per heavy atom. The minimum Gasteiger partial charge on any atom is -0.297 e. The van der Waals surface area contributed by atoms with E-state index in [9.17, 15) is 14.0 Å². The molecule has 2 aromatic rings. The molecule has 0 unspecified atom stereocenters. The molecule has 106 valence electrons. The Labute approximate surface area is 127 Å². The molecule has 1 aromatic heterocycles. The average molecular weight is 362 g/mol. The van der Waals surface area contributed by atoms with Crippen LogP contribution in [0.1, 0.15) is 18.9 Å². The van der Waals surface area contributed by atoms with E-state index < -0.39 is 17.1 Å². The molecule has 0 spiro atoms. The van der Waals surface area contributed by atoms with Gasteiger partial charge in [0.2, 0.25) is 0 Å². The molecule has 0 aliphatic heterocycles. The molecule has 2 rings (SSSR count). The molecule has 0 bridgehead atoms. The van der Waals surface area contributed by atoms with Crippen LogP contribution in [0.3, 0.4) is 0 Å². The van der Waals surface area contributed by atoms with Crippen molar-refractivity contribution in [1.82, 2.24) is 9.55 Å². The number of aromatic nitrogens is 2. The third-order valence-corrected chi connectivity index (χ3v) is 3.77. The van der Waals surface area contributed by atoms with Crippen molar-refractivity contribution in [2.24, 2.45) is 0 Å². The number of benzene rings is 1. The van der Waals surface area contributed by atoms with Crippen molar-refractivity contribution in [2.75, 3.05) is 0 Å². The first-order chi connectivity index (χ1) is 9.47. The average Bonchev–Trinajstić information content (AvgIpc) is 2.37. The number of nitrogens with one attached hydrogen (secondary N) is 1. The number of halogens is 3. The van der Waals surface area contributed by atoms with Gasteiger partial charge in [-0.3, -0.25) is 9.78 Å². The van der Waals surface area contributed by atoms with E-state index in [0.717, 1.165) is 4.57 Å². The van der Waals surface area contributed by atoms with E-state index in [0.29, 0.717) is 17.3 Å². The Kier molecular flexibility index (Phi) is 4.45. The Morgan fingerprint density at radius 2 is 2.10 bits per heavy atom. The highest BCUT2D eigenvalue weighted by molar-refractivity contribution is 9.10. The van der Waals surface area contributed by atoms with Crippen LogP contribution in [0, 0.1) is 5.82 Å². The summed E-state index contributed by atoms with van der Waals surface area (Å²) in [6.45, 7) is 1.88. The van der Waals surface area contributed by atoms with Crippen molar-refractivity contribution in [3.8, 4) is 5.69 Å². The van der Waals surface area contributed by atoms with Gasteiger partial charge in [-0.25, -0.2) is 13.8 Å². The van der Waals surface area contributed by atoms with Crippen LogP contribution in [-0.4, -0.2) is 9.55 Å². The first kappa shape index (κ1) is 15.0. The van der Waals surface area contributed by atoms with Gasteiger partial charge in [-0.05, 0) is 34.5 Å². The van der Waals surface area contributed by atoms with E-state index in [1.807, 2.05) is 6.92 Å². The maximum absolute atomic E-state index is 13.9. The molecule has 0 saturated carbocycles. The second kappa shape index (κ2) is 5.93. The molecular formula is C13H11BrClFN2O2. The number of rotatable bonds is 3. The number of nitrogens with zero attached hydrogens (tertiary/aromatic N) is 1. The van der Waals surface area contributed by atoms with Crippen LogP contribution in [0.25, 0.3) is 5.69 Å². The molecule has 0 amide bonds. The summed E-state index contributed by atoms with van der Waals surface area (Å²) in [6.07, 6.45) is 1.08. The minimum atomic E-state index is -0.773. The molecule has 0 saturated heterocycles. The van der Waals surface area contributed by atoms with Gasteiger partial charge in [-0.1, -0.05) is 31.0 Å². The Bertz CT molecular complexity index is 750. The molecular weight excluding hydrogens is 351 g/mol. The molecule has 0 radical (unpaired) electrons. The summed E-state index contributed by atoms with van der Waals surface area (Å²) in [7, 11) is 0. The van der Waals surface area contributed by atoms with Gasteiger partial charge in [0, 0.05) is 4.47 Å². The molecule has 0 aliphatic rings. The van der Waals surface area contributed by atoms with Crippen LogP contribution in [0.2, 0.25) is 5.15 Å². The first-order valence-electron chi connectivity index (χ1n) is 5.95. The fraction of sp³-hybridized carbons (Fsp3) is 0.231. The van der Waals surface area contributed by atoms with Gasteiger partial charge in [-0.15, -0.1) is 0 Å². The number of aromatic amines is 1. The quantitative estimate of drug-likeness (QED) is 0.854. The predicted octanol–water partition coefficient (Wildman–Crippen LogP) is 3.03. The lowest BCUT2D eigenvalue weighted by atomic mass is 10.2. The van der Waals surface area contributed by atoms with Crippen molar-refractivity contribution in [3.05, 3.63) is 60.0 Å². The van der Waals surface area contributed by atoms with E-state index in [2.05, 4.69) is 20.9 Å². The molecule has 0 aliphatic carbocycles. The van der Waals surface area contributed by atoms with E-state index >= 15 is 0 Å². The van der Waals surface area contributed by atoms with Crippen LogP contribution >= 0.6 is 27.5 Å². The lowest BCUT2D eigenvalue weighted by molar-refractivity contribution is 0.609. The van der Waals surface area contributed by atoms with Crippen LogP contribution < -0.4 is 11.2 Å². The van der Waals surface area contributed by atoms with Gasteiger partial charge in [0.1, 0.15) is 16.7 Å². The first-order valence-corrected chi connectivity index (χ1v) is 7.12. The summed E-state index contributed by atoms with van der Waals surface area (Å²) in [4.78, 5) is 26.7. The van der Waals surface area contributed by atoms with Gasteiger partial charge >= 0.3 is 5.69 Å². The van der Waals surface area contributed by atoms with E-state index in [-0.39, 0.29) is 16.4 Å². The monoisotopic (exact) mass is 360 g/mol. The van der Waals surface area contributed by atoms with Crippen LogP contribution in [0.5, 0.6) is 0 Å². The molecule has 0 fully saturated rings. The zero-order valence-electron chi connectivity index (χ0n) is 10.5. The Morgan fingerprint density at radius 1 is 1.40 bits per heavy atom. The maximum Gasteiger partial charge on any atom is 0.334 e. The number of hydrogen-bond acceptors (Lipinski definition) is 2. The van der Waals surface area contributed by atoms with Crippen molar-refractivity contribution < 1.29 is 4.39 Å². The normalized spacial score (nSPS) is 10.8. The lowest BCUT2D eigenvalue weighted by Crippen LogP contribution is -2.37. The smallest absolute Gasteiger partial charge is 0.297 e. The van der Waals surface area contributed by atoms with E-state index in [4.69, 9.17) is 11.6 Å². The SMILES string of the molecule is CCCc1c(Cl)[nH]c(=O)n(-c2c(F)cccc2Br)c1=O. The summed E-state index contributed by atoms with van der Waals surface area (Å²) in [6, 6.07) is 4.21. The number of hydrogen-bond donors (Lipinski definition) is 1. The van der Waals surface area contributed by atoms with Crippen LogP contribution in [0.4, 0.5) is 4.39 Å². The zero-order valence-corrected chi connectivity index (χ0v) is 12.9. The van der Waals surface area contributed by atoms with Gasteiger partial charge in [0.15, 0.2) is 0 Å². The van der Waals surface area contributed by atoms with Gasteiger partial charge in [0.05, 0.1) is 5.56 Å². The highest BCUT2D eigenvalue weighted by Crippen LogP contribution is 2.22. The van der Waals surface area contributed by atoms with Crippen molar-refractivity contribution in [1.29, 1.82) is 0 Å². The van der Waals surface area contributed by atoms with Gasteiger partial charge in [-0.2, -0.15) is 0 Å². The van der Waals surface area contributed by atoms with Gasteiger partial charge in [0.25, 0.3) is 5.56 Å². The summed E-state index contributed by atoms with van der Waals surface area (Å²) >= 11 is 9.03. The molecule has 1 heterocycles. The molecule has 1 aromatic carbocycles. The van der Waals surface area contributed by atoms with Crippen molar-refractivity contribution >= 4 is 27.5 Å².